The molecule has 0 atom stereocenters. The second kappa shape index (κ2) is 10.7. The van der Waals surface area contributed by atoms with Crippen LogP contribution in [-0.2, 0) is 14.4 Å². The number of aliphatic carboxylic acids is 3. The molecular formula is C6H16CaMgO7Si. The van der Waals surface area contributed by atoms with E-state index in [-0.39, 0.29) is 71.8 Å². The topological polar surface area (TPSA) is 132 Å². The minimum absolute atomic E-state index is 0. The molecule has 0 aromatic heterocycles. The standard InChI is InChI=1S/C6H8O7.Ca.Mg.H4Si.4H/c7-3(8)1-6(13,5(11)12)2-4(9)10;;;;;;;/h13H,1-2H2,(H,7,8)(H,9,10)(H,11,12);;;1H4;;;;. The van der Waals surface area contributed by atoms with Gasteiger partial charge in [0.1, 0.15) is 0 Å². The van der Waals surface area contributed by atoms with E-state index in [0.717, 1.165) is 0 Å². The third-order valence-corrected chi connectivity index (χ3v) is 1.29. The van der Waals surface area contributed by atoms with Crippen LogP contribution >= 0.6 is 0 Å². The van der Waals surface area contributed by atoms with Crippen molar-refractivity contribution in [3.8, 4) is 0 Å². The van der Waals surface area contributed by atoms with Gasteiger partial charge in [-0.1, -0.05) is 0 Å². The van der Waals surface area contributed by atoms with E-state index in [0.29, 0.717) is 0 Å². The van der Waals surface area contributed by atoms with Crippen molar-refractivity contribution < 1.29 is 34.8 Å². The Morgan fingerprint density at radius 1 is 0.938 bits per heavy atom. The molecule has 7 nitrogen and oxygen atoms in total. The van der Waals surface area contributed by atoms with Gasteiger partial charge >= 0.3 is 78.7 Å². The van der Waals surface area contributed by atoms with E-state index in [9.17, 15) is 14.4 Å². The number of carboxylic acids is 3. The van der Waals surface area contributed by atoms with E-state index in [2.05, 4.69) is 0 Å². The summed E-state index contributed by atoms with van der Waals surface area (Å²) in [6.45, 7) is 0. The van der Waals surface area contributed by atoms with Crippen LogP contribution < -0.4 is 0 Å². The van der Waals surface area contributed by atoms with Crippen LogP contribution in [0.5, 0.6) is 0 Å². The van der Waals surface area contributed by atoms with Gasteiger partial charge in [0.2, 0.25) is 0 Å². The fraction of sp³-hybridized carbons (Fsp3) is 0.500. The largest absolute Gasteiger partial charge is 0.316 e. The van der Waals surface area contributed by atoms with Gasteiger partial charge in [0.15, 0.2) is 5.60 Å². The van der Waals surface area contributed by atoms with Crippen molar-refractivity contribution in [2.45, 2.75) is 18.4 Å². The second-order valence-corrected chi connectivity index (χ2v) is 2.48. The van der Waals surface area contributed by atoms with Gasteiger partial charge in [-0.2, -0.15) is 0 Å². The third-order valence-electron chi connectivity index (χ3n) is 1.29. The maximum absolute atomic E-state index is 10.3. The molecule has 0 aliphatic carbocycles. The first-order valence-corrected chi connectivity index (χ1v) is 3.17. The van der Waals surface area contributed by atoms with Gasteiger partial charge in [0.25, 0.3) is 0 Å². The van der Waals surface area contributed by atoms with Crippen molar-refractivity contribution in [1.82, 2.24) is 0 Å². The summed E-state index contributed by atoms with van der Waals surface area (Å²) in [5.74, 6) is -5.02. The Kier molecular flexibility index (Phi) is 17.1. The summed E-state index contributed by atoms with van der Waals surface area (Å²) in [6, 6.07) is 0. The maximum Gasteiger partial charge on any atom is 0.316 e. The molecule has 0 bridgehead atoms. The zero-order valence-electron chi connectivity index (χ0n) is 6.43. The number of hydrogen-bond donors (Lipinski definition) is 4. The molecule has 4 N–H and O–H groups in total. The van der Waals surface area contributed by atoms with E-state index < -0.39 is 36.4 Å². The number of hydrogen-bond acceptors (Lipinski definition) is 4. The van der Waals surface area contributed by atoms with Gasteiger partial charge < -0.3 is 20.4 Å². The maximum atomic E-state index is 10.3. The molecule has 0 radical (unpaired) electrons. The smallest absolute Gasteiger partial charge is 0.0149 e. The molecule has 0 unspecified atom stereocenters. The molecule has 0 aromatic rings. The predicted octanol–water partition coefficient (Wildman–Crippen LogP) is -4.53. The van der Waals surface area contributed by atoms with Gasteiger partial charge in [-0.05, 0) is 11.0 Å². The zero-order valence-corrected chi connectivity index (χ0v) is 6.43. The minimum atomic E-state index is -2.74. The second-order valence-electron chi connectivity index (χ2n) is 2.48. The molecule has 0 saturated heterocycles. The SMILES string of the molecule is O=C(O)CC(O)(CC(=O)O)C(=O)O.[CaH2].[MgH2].[SiH4]. The molecule has 0 aliphatic rings. The molecule has 0 rings (SSSR count). The number of rotatable bonds is 5. The van der Waals surface area contributed by atoms with Crippen molar-refractivity contribution in [3.05, 3.63) is 0 Å². The van der Waals surface area contributed by atoms with Crippen LogP contribution in [0.1, 0.15) is 12.8 Å². The fourth-order valence-corrected chi connectivity index (χ4v) is 0.714. The number of carboxylic acid groups (broad SMARTS) is 3. The average molecular weight is 293 g/mol. The molecule has 0 aromatic carbocycles. The van der Waals surface area contributed by atoms with Crippen LogP contribution in [0, 0.1) is 0 Å². The van der Waals surface area contributed by atoms with Crippen LogP contribution in [0.4, 0.5) is 0 Å². The molecular weight excluding hydrogens is 277 g/mol. The normalized spacial score (nSPS) is 8.81. The Labute approximate surface area is 141 Å². The monoisotopic (exact) mass is 292 g/mol. The summed E-state index contributed by atoms with van der Waals surface area (Å²) in [5, 5.41) is 33.8. The molecule has 0 amide bonds. The Hall–Kier alpha value is 0.613. The number of aliphatic hydroxyl groups is 1. The van der Waals surface area contributed by atoms with Gasteiger partial charge in [-0.3, -0.25) is 9.59 Å². The summed E-state index contributed by atoms with van der Waals surface area (Å²) in [4.78, 5) is 30.5. The van der Waals surface area contributed by atoms with Crippen LogP contribution in [0.15, 0.2) is 0 Å². The first-order valence-electron chi connectivity index (χ1n) is 3.17. The Balaban J connectivity index is -0.000000240. The van der Waals surface area contributed by atoms with E-state index in [1.165, 1.54) is 0 Å². The first kappa shape index (κ1) is 25.5. The van der Waals surface area contributed by atoms with Crippen molar-refractivity contribution in [1.29, 1.82) is 0 Å². The summed E-state index contributed by atoms with van der Waals surface area (Å²) in [7, 11) is 0. The molecule has 0 aliphatic heterocycles. The van der Waals surface area contributed by atoms with Gasteiger partial charge in [-0.25, -0.2) is 4.79 Å². The average Bonchev–Trinajstić information content (AvgIpc) is 1.82. The predicted molar refractivity (Wildman–Crippen MR) is 65.5 cm³/mol. The number of carbonyl (C=O) groups is 3. The van der Waals surface area contributed by atoms with Gasteiger partial charge in [-0.15, -0.1) is 0 Å². The van der Waals surface area contributed by atoms with E-state index >= 15 is 0 Å². The van der Waals surface area contributed by atoms with Crippen LogP contribution in [-0.4, -0.2) is 116 Å². The van der Waals surface area contributed by atoms with E-state index in [4.69, 9.17) is 20.4 Å². The van der Waals surface area contributed by atoms with Crippen LogP contribution in [0.3, 0.4) is 0 Å². The van der Waals surface area contributed by atoms with Crippen LogP contribution in [0.2, 0.25) is 0 Å². The third kappa shape index (κ3) is 9.81. The zero-order chi connectivity index (χ0) is 10.6. The molecule has 0 fully saturated rings. The first-order chi connectivity index (χ1) is 5.78. The Bertz CT molecular complexity index is 243. The summed E-state index contributed by atoms with van der Waals surface area (Å²) < 4.78 is 0. The van der Waals surface area contributed by atoms with E-state index in [1.54, 1.807) is 0 Å². The quantitative estimate of drug-likeness (QED) is 0.375. The van der Waals surface area contributed by atoms with Crippen molar-refractivity contribution >= 4 is 89.7 Å². The van der Waals surface area contributed by atoms with E-state index in [1.807, 2.05) is 0 Å². The molecule has 0 spiro atoms. The minimum Gasteiger partial charge on any atom is -0.0149 e. The molecule has 0 heterocycles. The van der Waals surface area contributed by atoms with Crippen molar-refractivity contribution in [3.63, 3.8) is 0 Å². The Morgan fingerprint density at radius 2 is 1.19 bits per heavy atom. The van der Waals surface area contributed by atoms with Crippen molar-refractivity contribution in [2.24, 2.45) is 0 Å². The fourth-order valence-electron chi connectivity index (χ4n) is 0.714. The molecule has 10 heteroatoms. The summed E-state index contributed by atoms with van der Waals surface area (Å²) in [5.41, 5.74) is -2.74. The van der Waals surface area contributed by atoms with Crippen molar-refractivity contribution in [2.75, 3.05) is 0 Å². The summed E-state index contributed by atoms with van der Waals surface area (Å²) >= 11 is 0. The molecule has 90 valence electrons. The molecule has 0 saturated carbocycles. The van der Waals surface area contributed by atoms with Gasteiger partial charge in [0, 0.05) is 0 Å². The Morgan fingerprint density at radius 3 is 1.31 bits per heavy atom. The summed E-state index contributed by atoms with van der Waals surface area (Å²) in [6.07, 6.45) is -2.29. The molecule has 16 heavy (non-hydrogen) atoms. The van der Waals surface area contributed by atoms with Gasteiger partial charge in [0.05, 0.1) is 12.8 Å². The van der Waals surface area contributed by atoms with Crippen LogP contribution in [0.25, 0.3) is 0 Å².